The molecule has 1 aromatic rings. The van der Waals surface area contributed by atoms with Gasteiger partial charge in [-0.25, -0.2) is 0 Å². The van der Waals surface area contributed by atoms with Crippen LogP contribution in [-0.4, -0.2) is 48.1 Å². The Kier molecular flexibility index (Phi) is 9.93. The maximum absolute atomic E-state index is 12.6. The number of hydrogen-bond donors (Lipinski definition) is 2. The van der Waals surface area contributed by atoms with Crippen LogP contribution in [0.1, 0.15) is 31.2 Å². The minimum Gasteiger partial charge on any atom is -0.354 e. The van der Waals surface area contributed by atoms with Gasteiger partial charge in [0.25, 0.3) is 0 Å². The number of halogens is 1. The second-order valence-corrected chi connectivity index (χ2v) is 7.23. The van der Waals surface area contributed by atoms with Gasteiger partial charge in [-0.05, 0) is 38.3 Å². The largest absolute Gasteiger partial charge is 0.354 e. The Hall–Kier alpha value is -1.24. The first-order valence-electron chi connectivity index (χ1n) is 8.56. The zero-order chi connectivity index (χ0) is 17.4. The molecule has 2 rings (SSSR count). The highest BCUT2D eigenvalue weighted by Crippen LogP contribution is 2.22. The van der Waals surface area contributed by atoms with E-state index >= 15 is 0 Å². The predicted molar refractivity (Wildman–Crippen MR) is 105 cm³/mol. The van der Waals surface area contributed by atoms with E-state index in [9.17, 15) is 9.59 Å². The number of amides is 2. The lowest BCUT2D eigenvalue weighted by Gasteiger charge is -2.36. The van der Waals surface area contributed by atoms with E-state index in [1.54, 1.807) is 11.8 Å². The average molecular weight is 386 g/mol. The number of nitrogens with zero attached hydrogens (tertiary/aromatic N) is 1. The molecule has 0 aliphatic carbocycles. The maximum atomic E-state index is 12.6. The number of nitrogens with two attached hydrogens (primary N) is 1. The Labute approximate surface area is 160 Å². The first-order chi connectivity index (χ1) is 11.6. The lowest BCUT2D eigenvalue weighted by molar-refractivity contribution is -0.132. The molecule has 0 spiro atoms. The summed E-state index contributed by atoms with van der Waals surface area (Å²) >= 11 is 1.57. The zero-order valence-corrected chi connectivity index (χ0v) is 16.3. The first-order valence-corrected chi connectivity index (χ1v) is 9.54. The van der Waals surface area contributed by atoms with E-state index in [1.807, 2.05) is 17.0 Å². The lowest BCUT2D eigenvalue weighted by Crippen LogP contribution is -2.50. The van der Waals surface area contributed by atoms with Crippen molar-refractivity contribution in [1.82, 2.24) is 10.2 Å². The Morgan fingerprint density at radius 1 is 1.28 bits per heavy atom. The summed E-state index contributed by atoms with van der Waals surface area (Å²) in [6.07, 6.45) is 3.42. The van der Waals surface area contributed by atoms with Crippen LogP contribution in [0.3, 0.4) is 0 Å². The number of rotatable bonds is 7. The minimum absolute atomic E-state index is 0. The topological polar surface area (TPSA) is 75.4 Å². The van der Waals surface area contributed by atoms with Gasteiger partial charge in [0.15, 0.2) is 0 Å². The highest BCUT2D eigenvalue weighted by Gasteiger charge is 2.26. The Balaban J connectivity index is 0.00000312. The van der Waals surface area contributed by atoms with Gasteiger partial charge in [0.1, 0.15) is 0 Å². The third kappa shape index (κ3) is 7.26. The highest BCUT2D eigenvalue weighted by molar-refractivity contribution is 8.00. The molecule has 25 heavy (non-hydrogen) atoms. The van der Waals surface area contributed by atoms with Gasteiger partial charge >= 0.3 is 0 Å². The number of aryl methyl sites for hydroxylation is 1. The van der Waals surface area contributed by atoms with E-state index in [0.717, 1.165) is 30.7 Å². The number of hydrogen-bond acceptors (Lipinski definition) is 4. The summed E-state index contributed by atoms with van der Waals surface area (Å²) in [5.74, 6) is 0.555. The number of thioether (sulfide) groups is 1. The van der Waals surface area contributed by atoms with Gasteiger partial charge in [0, 0.05) is 37.0 Å². The summed E-state index contributed by atoms with van der Waals surface area (Å²) in [4.78, 5) is 27.2. The smallest absolute Gasteiger partial charge is 0.233 e. The van der Waals surface area contributed by atoms with E-state index in [1.165, 1.54) is 5.56 Å². The molecule has 5 nitrogen and oxygen atoms in total. The van der Waals surface area contributed by atoms with Gasteiger partial charge in [-0.2, -0.15) is 0 Å². The van der Waals surface area contributed by atoms with Gasteiger partial charge in [0.05, 0.1) is 5.75 Å². The van der Waals surface area contributed by atoms with Crippen molar-refractivity contribution in [3.63, 3.8) is 0 Å². The molecule has 1 atom stereocenters. The van der Waals surface area contributed by atoms with Crippen LogP contribution in [0.5, 0.6) is 0 Å². The maximum Gasteiger partial charge on any atom is 0.233 e. The quantitative estimate of drug-likeness (QED) is 0.706. The molecule has 0 saturated carbocycles. The molecule has 7 heteroatoms. The molecule has 1 aliphatic rings. The third-order valence-electron chi connectivity index (χ3n) is 4.24. The van der Waals surface area contributed by atoms with E-state index in [-0.39, 0.29) is 30.3 Å². The number of carbonyl (C=O) groups excluding carboxylic acids is 2. The minimum atomic E-state index is -0.0375. The van der Waals surface area contributed by atoms with Crippen molar-refractivity contribution in [2.24, 2.45) is 5.73 Å². The molecule has 140 valence electrons. The monoisotopic (exact) mass is 385 g/mol. The van der Waals surface area contributed by atoms with Crippen molar-refractivity contribution in [2.45, 2.75) is 43.5 Å². The van der Waals surface area contributed by atoms with Gasteiger partial charge in [-0.3, -0.25) is 9.59 Å². The van der Waals surface area contributed by atoms with E-state index in [0.29, 0.717) is 25.3 Å². The highest BCUT2D eigenvalue weighted by atomic mass is 35.5. The van der Waals surface area contributed by atoms with Crippen molar-refractivity contribution < 1.29 is 9.59 Å². The van der Waals surface area contributed by atoms with Gasteiger partial charge in [0.2, 0.25) is 11.8 Å². The molecule has 1 aromatic carbocycles. The van der Waals surface area contributed by atoms with Crippen molar-refractivity contribution in [3.8, 4) is 0 Å². The molecule has 1 saturated heterocycles. The number of carbonyl (C=O) groups is 2. The molecular formula is C18H28ClN3O2S. The molecule has 2 amide bonds. The van der Waals surface area contributed by atoms with Crippen LogP contribution in [-0.2, 0) is 9.59 Å². The first kappa shape index (κ1) is 21.8. The van der Waals surface area contributed by atoms with Crippen molar-refractivity contribution >= 4 is 36.0 Å². The van der Waals surface area contributed by atoms with Gasteiger partial charge < -0.3 is 16.0 Å². The Morgan fingerprint density at radius 3 is 2.68 bits per heavy atom. The number of nitrogens with one attached hydrogen (secondary N) is 1. The molecule has 0 aromatic heterocycles. The number of benzene rings is 1. The standard InChI is InChI=1S/C18H27N3O2S.ClH/c1-14-5-7-16(8-6-14)24-13-18(23)21-11-3-2-4-15(21)12-20-17(22)9-10-19;/h5-8,15H,2-4,9-13,19H2,1H3,(H,20,22);1H. The average Bonchev–Trinajstić information content (AvgIpc) is 2.60. The van der Waals surface area contributed by atoms with Crippen LogP contribution >= 0.6 is 24.2 Å². The normalized spacial score (nSPS) is 16.9. The van der Waals surface area contributed by atoms with Crippen molar-refractivity contribution in [2.75, 3.05) is 25.4 Å². The van der Waals surface area contributed by atoms with Crippen molar-refractivity contribution in [1.29, 1.82) is 0 Å². The summed E-state index contributed by atoms with van der Waals surface area (Å²) in [7, 11) is 0. The molecule has 1 aliphatic heterocycles. The number of likely N-dealkylation sites (tertiary alicyclic amines) is 1. The second kappa shape index (κ2) is 11.4. The van der Waals surface area contributed by atoms with E-state index in [2.05, 4.69) is 24.4 Å². The fourth-order valence-corrected chi connectivity index (χ4v) is 3.64. The molecule has 0 radical (unpaired) electrons. The van der Waals surface area contributed by atoms with Gasteiger partial charge in [-0.1, -0.05) is 17.7 Å². The van der Waals surface area contributed by atoms with Gasteiger partial charge in [-0.15, -0.1) is 24.2 Å². The summed E-state index contributed by atoms with van der Waals surface area (Å²) in [6.45, 7) is 3.72. The van der Waals surface area contributed by atoms with Crippen molar-refractivity contribution in [3.05, 3.63) is 29.8 Å². The van der Waals surface area contributed by atoms with Crippen LogP contribution in [0, 0.1) is 6.92 Å². The Morgan fingerprint density at radius 2 is 2.00 bits per heavy atom. The predicted octanol–water partition coefficient (Wildman–Crippen LogP) is 2.36. The van der Waals surface area contributed by atoms with Crippen LogP contribution in [0.15, 0.2) is 29.2 Å². The second-order valence-electron chi connectivity index (χ2n) is 6.18. The third-order valence-corrected chi connectivity index (χ3v) is 5.23. The van der Waals surface area contributed by atoms with Crippen LogP contribution in [0.4, 0.5) is 0 Å². The summed E-state index contributed by atoms with van der Waals surface area (Å²) in [5.41, 5.74) is 6.61. The van der Waals surface area contributed by atoms with Crippen LogP contribution in [0.25, 0.3) is 0 Å². The molecule has 3 N–H and O–H groups in total. The molecule has 0 bridgehead atoms. The van der Waals surface area contributed by atoms with Crippen LogP contribution in [0.2, 0.25) is 0 Å². The van der Waals surface area contributed by atoms with E-state index < -0.39 is 0 Å². The summed E-state index contributed by atoms with van der Waals surface area (Å²) < 4.78 is 0. The fraction of sp³-hybridized carbons (Fsp3) is 0.556. The molecule has 1 fully saturated rings. The summed E-state index contributed by atoms with van der Waals surface area (Å²) in [6, 6.07) is 8.32. The SMILES string of the molecule is Cc1ccc(SCC(=O)N2CCCCC2CNC(=O)CCN)cc1.Cl. The molecule has 1 unspecified atom stereocenters. The Bertz CT molecular complexity index is 554. The molecule has 1 heterocycles. The molecular weight excluding hydrogens is 358 g/mol. The lowest BCUT2D eigenvalue weighted by atomic mass is 10.0. The van der Waals surface area contributed by atoms with E-state index in [4.69, 9.17) is 5.73 Å². The summed E-state index contributed by atoms with van der Waals surface area (Å²) in [5, 5.41) is 2.90. The zero-order valence-electron chi connectivity index (χ0n) is 14.7. The fourth-order valence-electron chi connectivity index (χ4n) is 2.85. The number of piperidine rings is 1. The van der Waals surface area contributed by atoms with Crippen LogP contribution < -0.4 is 11.1 Å².